The average Bonchev–Trinajstić information content (AvgIpc) is 2.76. The van der Waals surface area contributed by atoms with Crippen LogP contribution in [0.2, 0.25) is 0 Å². The number of carbonyl (C=O) groups is 1. The van der Waals surface area contributed by atoms with E-state index in [1.165, 1.54) is 12.8 Å². The Bertz CT molecular complexity index is 239. The number of methoxy groups -OCH3 is 1. The van der Waals surface area contributed by atoms with Crippen molar-refractivity contribution in [2.24, 2.45) is 5.73 Å². The molecule has 1 saturated carbocycles. The highest BCUT2D eigenvalue weighted by Crippen LogP contribution is 2.28. The van der Waals surface area contributed by atoms with Gasteiger partial charge in [-0.1, -0.05) is 6.42 Å². The number of nitrogens with two attached hydrogens (primary N) is 1. The lowest BCUT2D eigenvalue weighted by Gasteiger charge is -2.21. The fourth-order valence-corrected chi connectivity index (χ4v) is 3.18. The van der Waals surface area contributed by atoms with E-state index in [1.54, 1.807) is 7.11 Å². The highest BCUT2D eigenvalue weighted by Gasteiger charge is 2.28. The molecule has 1 rings (SSSR count). The van der Waals surface area contributed by atoms with Gasteiger partial charge in [0, 0.05) is 25.0 Å². The number of ether oxygens (including phenoxy) is 1. The van der Waals surface area contributed by atoms with Crippen molar-refractivity contribution in [3.63, 3.8) is 0 Å². The maximum Gasteiger partial charge on any atom is 0.237 e. The van der Waals surface area contributed by atoms with E-state index in [2.05, 4.69) is 11.6 Å². The van der Waals surface area contributed by atoms with Gasteiger partial charge in [-0.25, -0.2) is 0 Å². The predicted octanol–water partition coefficient (Wildman–Crippen LogP) is 1.14. The molecule has 1 amide bonds. The first kappa shape index (κ1) is 14.8. The summed E-state index contributed by atoms with van der Waals surface area (Å²) >= 11 is 1.84. The minimum atomic E-state index is -0.395. The van der Waals surface area contributed by atoms with Gasteiger partial charge in [-0.15, -0.1) is 0 Å². The molecule has 0 aromatic heterocycles. The number of hydrogen-bond acceptors (Lipinski definition) is 4. The standard InChI is InChI=1S/C12H24N2O2S/c1-16-8-4-5-9(13)12(15)14-10-6-3-7-11(10)17-2/h9-11H,3-8,13H2,1-2H3,(H,14,15). The summed E-state index contributed by atoms with van der Waals surface area (Å²) in [5.41, 5.74) is 5.85. The Morgan fingerprint density at radius 2 is 2.35 bits per heavy atom. The Morgan fingerprint density at radius 1 is 1.59 bits per heavy atom. The number of amides is 1. The number of rotatable bonds is 7. The molecule has 100 valence electrons. The van der Waals surface area contributed by atoms with Crippen molar-refractivity contribution in [3.05, 3.63) is 0 Å². The van der Waals surface area contributed by atoms with Crippen molar-refractivity contribution in [1.29, 1.82) is 0 Å². The van der Waals surface area contributed by atoms with E-state index in [-0.39, 0.29) is 5.91 Å². The molecule has 1 fully saturated rings. The molecule has 0 spiro atoms. The smallest absolute Gasteiger partial charge is 0.237 e. The molecule has 0 saturated heterocycles. The summed E-state index contributed by atoms with van der Waals surface area (Å²) < 4.78 is 4.95. The molecule has 5 heteroatoms. The minimum Gasteiger partial charge on any atom is -0.385 e. The van der Waals surface area contributed by atoms with Gasteiger partial charge in [-0.3, -0.25) is 4.79 Å². The van der Waals surface area contributed by atoms with E-state index in [4.69, 9.17) is 10.5 Å². The van der Waals surface area contributed by atoms with Crippen LogP contribution in [0.4, 0.5) is 0 Å². The van der Waals surface area contributed by atoms with Gasteiger partial charge in [-0.05, 0) is 31.9 Å². The average molecular weight is 260 g/mol. The van der Waals surface area contributed by atoms with Crippen molar-refractivity contribution >= 4 is 17.7 Å². The maximum absolute atomic E-state index is 11.9. The highest BCUT2D eigenvalue weighted by molar-refractivity contribution is 7.99. The lowest BCUT2D eigenvalue weighted by molar-refractivity contribution is -0.123. The third-order valence-corrected chi connectivity index (χ3v) is 4.45. The van der Waals surface area contributed by atoms with Gasteiger partial charge < -0.3 is 15.8 Å². The van der Waals surface area contributed by atoms with Gasteiger partial charge in [0.05, 0.1) is 6.04 Å². The number of carbonyl (C=O) groups excluding carboxylic acids is 1. The monoisotopic (exact) mass is 260 g/mol. The lowest BCUT2D eigenvalue weighted by Crippen LogP contribution is -2.47. The van der Waals surface area contributed by atoms with E-state index < -0.39 is 6.04 Å². The van der Waals surface area contributed by atoms with Gasteiger partial charge in [0.2, 0.25) is 5.91 Å². The van der Waals surface area contributed by atoms with Gasteiger partial charge >= 0.3 is 0 Å². The predicted molar refractivity (Wildman–Crippen MR) is 72.2 cm³/mol. The van der Waals surface area contributed by atoms with Crippen LogP contribution in [0.25, 0.3) is 0 Å². The van der Waals surface area contributed by atoms with Crippen LogP contribution in [0.5, 0.6) is 0 Å². The summed E-state index contributed by atoms with van der Waals surface area (Å²) in [4.78, 5) is 11.9. The Labute approximate surface area is 108 Å². The molecule has 0 bridgehead atoms. The molecule has 0 heterocycles. The SMILES string of the molecule is COCCCC(N)C(=O)NC1CCCC1SC. The molecule has 4 nitrogen and oxygen atoms in total. The lowest BCUT2D eigenvalue weighted by atomic mass is 10.1. The zero-order chi connectivity index (χ0) is 12.7. The maximum atomic E-state index is 11.9. The van der Waals surface area contributed by atoms with Crippen LogP contribution in [0, 0.1) is 0 Å². The molecule has 17 heavy (non-hydrogen) atoms. The molecule has 3 unspecified atom stereocenters. The normalized spacial score (nSPS) is 25.8. The summed E-state index contributed by atoms with van der Waals surface area (Å²) in [7, 11) is 1.66. The summed E-state index contributed by atoms with van der Waals surface area (Å²) in [6.45, 7) is 0.665. The quantitative estimate of drug-likeness (QED) is 0.674. The zero-order valence-corrected chi connectivity index (χ0v) is 11.6. The van der Waals surface area contributed by atoms with Crippen molar-refractivity contribution in [2.75, 3.05) is 20.0 Å². The van der Waals surface area contributed by atoms with Gasteiger partial charge in [-0.2, -0.15) is 11.8 Å². The third kappa shape index (κ3) is 4.85. The summed E-state index contributed by atoms with van der Waals surface area (Å²) in [5.74, 6) is -0.00736. The van der Waals surface area contributed by atoms with E-state index in [0.29, 0.717) is 24.3 Å². The summed E-state index contributed by atoms with van der Waals surface area (Å²) in [5, 5.41) is 3.64. The van der Waals surface area contributed by atoms with Crippen LogP contribution in [0.1, 0.15) is 32.1 Å². The van der Waals surface area contributed by atoms with Crippen LogP contribution < -0.4 is 11.1 Å². The van der Waals surface area contributed by atoms with Crippen molar-refractivity contribution in [2.45, 2.75) is 49.4 Å². The van der Waals surface area contributed by atoms with Crippen LogP contribution in [0.3, 0.4) is 0 Å². The van der Waals surface area contributed by atoms with Gasteiger partial charge in [0.1, 0.15) is 0 Å². The molecule has 0 aromatic carbocycles. The topological polar surface area (TPSA) is 64.3 Å². The molecule has 3 atom stereocenters. The van der Waals surface area contributed by atoms with Crippen molar-refractivity contribution < 1.29 is 9.53 Å². The van der Waals surface area contributed by atoms with Crippen LogP contribution in [0.15, 0.2) is 0 Å². The second kappa shape index (κ2) is 7.95. The molecule has 3 N–H and O–H groups in total. The third-order valence-electron chi connectivity index (χ3n) is 3.28. The number of hydrogen-bond donors (Lipinski definition) is 2. The first-order valence-electron chi connectivity index (χ1n) is 6.26. The fraction of sp³-hybridized carbons (Fsp3) is 0.917. The minimum absolute atomic E-state index is 0.00736. The van der Waals surface area contributed by atoms with Crippen LogP contribution in [-0.2, 0) is 9.53 Å². The van der Waals surface area contributed by atoms with Gasteiger partial charge in [0.25, 0.3) is 0 Å². The van der Waals surface area contributed by atoms with Crippen LogP contribution >= 0.6 is 11.8 Å². The van der Waals surface area contributed by atoms with Crippen LogP contribution in [-0.4, -0.2) is 43.2 Å². The molecular weight excluding hydrogens is 236 g/mol. The zero-order valence-electron chi connectivity index (χ0n) is 10.8. The Hall–Kier alpha value is -0.260. The summed E-state index contributed by atoms with van der Waals surface area (Å²) in [6, 6.07) is -0.0840. The second-order valence-electron chi connectivity index (χ2n) is 4.56. The Morgan fingerprint density at radius 3 is 3.00 bits per heavy atom. The molecule has 0 aliphatic heterocycles. The molecule has 1 aliphatic carbocycles. The van der Waals surface area contributed by atoms with Gasteiger partial charge in [0.15, 0.2) is 0 Å². The second-order valence-corrected chi connectivity index (χ2v) is 5.64. The Balaban J connectivity index is 2.27. The van der Waals surface area contributed by atoms with E-state index in [1.807, 2.05) is 11.8 Å². The number of thioether (sulfide) groups is 1. The fourth-order valence-electron chi connectivity index (χ4n) is 2.24. The largest absolute Gasteiger partial charge is 0.385 e. The molecule has 1 aliphatic rings. The Kier molecular flexibility index (Phi) is 6.92. The van der Waals surface area contributed by atoms with Crippen molar-refractivity contribution in [3.8, 4) is 0 Å². The van der Waals surface area contributed by atoms with Crippen molar-refractivity contribution in [1.82, 2.24) is 5.32 Å². The molecule has 0 aromatic rings. The first-order chi connectivity index (χ1) is 8.19. The molecule has 0 radical (unpaired) electrons. The molecular formula is C12H24N2O2S. The first-order valence-corrected chi connectivity index (χ1v) is 7.55. The van der Waals surface area contributed by atoms with E-state index in [9.17, 15) is 4.79 Å². The number of nitrogens with one attached hydrogen (secondary N) is 1. The van der Waals surface area contributed by atoms with E-state index >= 15 is 0 Å². The highest BCUT2D eigenvalue weighted by atomic mass is 32.2. The summed E-state index contributed by atoms with van der Waals surface area (Å²) in [6.07, 6.45) is 7.12. The van der Waals surface area contributed by atoms with E-state index in [0.717, 1.165) is 12.8 Å².